The molecule has 2 heteroatoms. The molecule has 0 saturated carbocycles. The van der Waals surface area contributed by atoms with Crippen LogP contribution in [0.4, 0.5) is 0 Å². The highest BCUT2D eigenvalue weighted by Crippen LogP contribution is 2.20. The third-order valence-corrected chi connectivity index (χ3v) is 1.94. The fourth-order valence-electron chi connectivity index (χ4n) is 0.848. The highest BCUT2D eigenvalue weighted by Gasteiger charge is 2.13. The van der Waals surface area contributed by atoms with E-state index in [9.17, 15) is 0 Å². The molecule has 0 fully saturated rings. The minimum absolute atomic E-state index is 0.339. The first-order chi connectivity index (χ1) is 6.03. The van der Waals surface area contributed by atoms with Gasteiger partial charge in [-0.25, -0.2) is 0 Å². The minimum Gasteiger partial charge on any atom is -0.484 e. The smallest absolute Gasteiger partial charge is 0.121 e. The van der Waals surface area contributed by atoms with Gasteiger partial charge in [0.1, 0.15) is 11.4 Å². The topological polar surface area (TPSA) is 9.23 Å². The summed E-state index contributed by atoms with van der Waals surface area (Å²) in [5.74, 6) is 0.800. The maximum absolute atomic E-state index is 5.74. The third-order valence-electron chi connectivity index (χ3n) is 1.69. The Labute approximate surface area is 84.0 Å². The molecule has 0 aliphatic rings. The summed E-state index contributed by atoms with van der Waals surface area (Å²) in [6.45, 7) is 7.60. The average molecular weight is 197 g/mol. The van der Waals surface area contributed by atoms with Crippen molar-refractivity contribution in [2.45, 2.75) is 19.4 Å². The van der Waals surface area contributed by atoms with Crippen LogP contribution < -0.4 is 4.74 Å². The van der Waals surface area contributed by atoms with Gasteiger partial charge in [0.15, 0.2) is 0 Å². The summed E-state index contributed by atoms with van der Waals surface area (Å²) in [5.41, 5.74) is -0.339. The lowest BCUT2D eigenvalue weighted by Crippen LogP contribution is -2.24. The van der Waals surface area contributed by atoms with Crippen LogP contribution in [0, 0.1) is 0 Å². The summed E-state index contributed by atoms with van der Waals surface area (Å²) >= 11 is 5.74. The molecule has 13 heavy (non-hydrogen) atoms. The van der Waals surface area contributed by atoms with E-state index in [1.165, 1.54) is 0 Å². The maximum atomic E-state index is 5.74. The summed E-state index contributed by atoms with van der Waals surface area (Å²) in [7, 11) is 0. The standard InChI is InChI=1S/C11H13ClO/c1-4-11(2,3)13-10-7-5-9(12)6-8-10/h4-8H,1H2,2-3H3. The maximum Gasteiger partial charge on any atom is 0.121 e. The first-order valence-corrected chi connectivity index (χ1v) is 4.49. The molecule has 1 aromatic rings. The second-order valence-corrected chi connectivity index (χ2v) is 3.80. The van der Waals surface area contributed by atoms with Gasteiger partial charge in [-0.15, -0.1) is 0 Å². The number of benzene rings is 1. The van der Waals surface area contributed by atoms with Crippen molar-refractivity contribution in [3.8, 4) is 5.75 Å². The van der Waals surface area contributed by atoms with Crippen LogP contribution in [0.3, 0.4) is 0 Å². The summed E-state index contributed by atoms with van der Waals surface area (Å²) < 4.78 is 5.63. The van der Waals surface area contributed by atoms with Crippen LogP contribution in [-0.4, -0.2) is 5.60 Å². The van der Waals surface area contributed by atoms with Gasteiger partial charge in [0.2, 0.25) is 0 Å². The Morgan fingerprint density at radius 3 is 2.31 bits per heavy atom. The van der Waals surface area contributed by atoms with Crippen LogP contribution in [0.15, 0.2) is 36.9 Å². The zero-order valence-corrected chi connectivity index (χ0v) is 8.64. The van der Waals surface area contributed by atoms with Gasteiger partial charge >= 0.3 is 0 Å². The zero-order chi connectivity index (χ0) is 9.90. The lowest BCUT2D eigenvalue weighted by Gasteiger charge is -2.22. The highest BCUT2D eigenvalue weighted by atomic mass is 35.5. The van der Waals surface area contributed by atoms with Crippen LogP contribution >= 0.6 is 11.6 Å². The molecular formula is C11H13ClO. The molecule has 0 atom stereocenters. The zero-order valence-electron chi connectivity index (χ0n) is 7.88. The number of hydrogen-bond donors (Lipinski definition) is 0. The van der Waals surface area contributed by atoms with Gasteiger partial charge in [-0.2, -0.15) is 0 Å². The summed E-state index contributed by atoms with van der Waals surface area (Å²) in [6.07, 6.45) is 1.77. The molecule has 0 spiro atoms. The van der Waals surface area contributed by atoms with Gasteiger partial charge in [0, 0.05) is 5.02 Å². The van der Waals surface area contributed by atoms with Crippen molar-refractivity contribution >= 4 is 11.6 Å². The Morgan fingerprint density at radius 1 is 1.31 bits per heavy atom. The highest BCUT2D eigenvalue weighted by molar-refractivity contribution is 6.30. The molecule has 0 amide bonds. The SMILES string of the molecule is C=CC(C)(C)Oc1ccc(Cl)cc1. The molecule has 70 valence electrons. The van der Waals surface area contributed by atoms with Gasteiger partial charge in [0.25, 0.3) is 0 Å². The molecule has 0 unspecified atom stereocenters. The van der Waals surface area contributed by atoms with Crippen molar-refractivity contribution in [2.24, 2.45) is 0 Å². The fraction of sp³-hybridized carbons (Fsp3) is 0.273. The van der Waals surface area contributed by atoms with Crippen molar-refractivity contribution in [3.63, 3.8) is 0 Å². The number of rotatable bonds is 3. The van der Waals surface area contributed by atoms with Crippen LogP contribution in [0.25, 0.3) is 0 Å². The number of hydrogen-bond acceptors (Lipinski definition) is 1. The van der Waals surface area contributed by atoms with Crippen LogP contribution in [0.2, 0.25) is 5.02 Å². The Kier molecular flexibility index (Phi) is 2.99. The van der Waals surface area contributed by atoms with Crippen LogP contribution in [0.5, 0.6) is 5.75 Å². The van der Waals surface area contributed by atoms with E-state index in [2.05, 4.69) is 6.58 Å². The van der Waals surface area contributed by atoms with E-state index in [4.69, 9.17) is 16.3 Å². The Morgan fingerprint density at radius 2 is 1.85 bits per heavy atom. The van der Waals surface area contributed by atoms with Crippen molar-refractivity contribution < 1.29 is 4.74 Å². The quantitative estimate of drug-likeness (QED) is 0.671. The second kappa shape index (κ2) is 3.84. The second-order valence-electron chi connectivity index (χ2n) is 3.36. The van der Waals surface area contributed by atoms with E-state index < -0.39 is 0 Å². The van der Waals surface area contributed by atoms with Crippen LogP contribution in [-0.2, 0) is 0 Å². The van der Waals surface area contributed by atoms with Crippen molar-refractivity contribution in [1.82, 2.24) is 0 Å². The molecule has 0 aliphatic heterocycles. The minimum atomic E-state index is -0.339. The normalized spacial score (nSPS) is 11.0. The molecule has 0 aromatic heterocycles. The van der Waals surface area contributed by atoms with E-state index in [0.717, 1.165) is 5.75 Å². The molecule has 1 nitrogen and oxygen atoms in total. The lowest BCUT2D eigenvalue weighted by atomic mass is 10.1. The molecule has 0 heterocycles. The van der Waals surface area contributed by atoms with Gasteiger partial charge in [-0.05, 0) is 44.2 Å². The summed E-state index contributed by atoms with van der Waals surface area (Å²) in [5, 5.41) is 0.712. The summed E-state index contributed by atoms with van der Waals surface area (Å²) in [6, 6.07) is 7.29. The first-order valence-electron chi connectivity index (χ1n) is 4.12. The monoisotopic (exact) mass is 196 g/mol. The van der Waals surface area contributed by atoms with Crippen molar-refractivity contribution in [3.05, 3.63) is 41.9 Å². The predicted molar refractivity (Wildman–Crippen MR) is 56.4 cm³/mol. The van der Waals surface area contributed by atoms with E-state index >= 15 is 0 Å². The fourth-order valence-corrected chi connectivity index (χ4v) is 0.974. The molecule has 1 rings (SSSR count). The van der Waals surface area contributed by atoms with E-state index in [1.54, 1.807) is 18.2 Å². The third kappa shape index (κ3) is 3.11. The molecule has 0 aliphatic carbocycles. The van der Waals surface area contributed by atoms with Gasteiger partial charge < -0.3 is 4.74 Å². The number of halogens is 1. The summed E-state index contributed by atoms with van der Waals surface area (Å²) in [4.78, 5) is 0. The molecule has 0 saturated heterocycles. The Balaban J connectivity index is 2.75. The van der Waals surface area contributed by atoms with Crippen molar-refractivity contribution in [2.75, 3.05) is 0 Å². The predicted octanol–water partition coefficient (Wildman–Crippen LogP) is 3.68. The molecule has 0 radical (unpaired) electrons. The molecule has 0 N–H and O–H groups in total. The molecule has 0 bridgehead atoms. The number of ether oxygens (including phenoxy) is 1. The van der Waals surface area contributed by atoms with Crippen LogP contribution in [0.1, 0.15) is 13.8 Å². The lowest BCUT2D eigenvalue weighted by molar-refractivity contribution is 0.162. The largest absolute Gasteiger partial charge is 0.484 e. The van der Waals surface area contributed by atoms with E-state index in [0.29, 0.717) is 5.02 Å². The van der Waals surface area contributed by atoms with Gasteiger partial charge in [-0.3, -0.25) is 0 Å². The average Bonchev–Trinajstić information content (AvgIpc) is 2.09. The Bertz CT molecular complexity index is 287. The van der Waals surface area contributed by atoms with Gasteiger partial charge in [0.05, 0.1) is 0 Å². The molecular weight excluding hydrogens is 184 g/mol. The van der Waals surface area contributed by atoms with E-state index in [-0.39, 0.29) is 5.60 Å². The van der Waals surface area contributed by atoms with E-state index in [1.807, 2.05) is 26.0 Å². The van der Waals surface area contributed by atoms with Gasteiger partial charge in [-0.1, -0.05) is 18.2 Å². The van der Waals surface area contributed by atoms with Crippen molar-refractivity contribution in [1.29, 1.82) is 0 Å². The Hall–Kier alpha value is -0.950. The molecule has 1 aromatic carbocycles. The first kappa shape index (κ1) is 10.1.